The molecule has 2 atom stereocenters. The Morgan fingerprint density at radius 3 is 2.60 bits per heavy atom. The van der Waals surface area contributed by atoms with E-state index >= 15 is 0 Å². The smallest absolute Gasteiger partial charge is 0.290 e. The van der Waals surface area contributed by atoms with Crippen LogP contribution in [0.15, 0.2) is 18.2 Å². The normalized spacial score (nSPS) is 25.3. The predicted molar refractivity (Wildman–Crippen MR) is 93.0 cm³/mol. The zero-order chi connectivity index (χ0) is 18.0. The number of piperidine rings is 1. The number of Topliss-reactive ketones (excluding diaryl/α,β-unsaturated/α-hetero) is 1. The Balaban J connectivity index is 0.000000569. The molecule has 7 heteroatoms. The van der Waals surface area contributed by atoms with E-state index in [9.17, 15) is 4.79 Å². The van der Waals surface area contributed by atoms with Crippen LogP contribution in [0, 0.1) is 5.92 Å². The molecular weight excluding hydrogens is 322 g/mol. The summed E-state index contributed by atoms with van der Waals surface area (Å²) in [7, 11) is 3.83. The van der Waals surface area contributed by atoms with Crippen LogP contribution in [-0.2, 0) is 4.79 Å². The van der Waals surface area contributed by atoms with E-state index in [1.807, 2.05) is 18.2 Å². The van der Waals surface area contributed by atoms with Gasteiger partial charge in [-0.05, 0) is 44.9 Å². The van der Waals surface area contributed by atoms with Crippen LogP contribution in [0.3, 0.4) is 0 Å². The van der Waals surface area contributed by atoms with Crippen LogP contribution < -0.4 is 4.74 Å². The Bertz CT molecular complexity index is 759. The molecule has 2 saturated heterocycles. The molecule has 2 aromatic rings. The first-order chi connectivity index (χ1) is 12.1. The van der Waals surface area contributed by atoms with Gasteiger partial charge in [-0.25, -0.2) is 0 Å². The van der Waals surface area contributed by atoms with E-state index in [-0.39, 0.29) is 18.2 Å². The molecule has 1 aromatic carbocycles. The molecule has 1 aromatic heterocycles. The summed E-state index contributed by atoms with van der Waals surface area (Å²) in [5.41, 5.74) is 1.45. The molecular formula is C18H23N3O4. The molecule has 2 aliphatic heterocycles. The summed E-state index contributed by atoms with van der Waals surface area (Å²) in [5, 5.41) is 15.0. The number of aromatic nitrogens is 2. The van der Waals surface area contributed by atoms with E-state index in [0.717, 1.165) is 29.5 Å². The quantitative estimate of drug-likeness (QED) is 0.655. The zero-order valence-electron chi connectivity index (χ0n) is 14.4. The number of benzene rings is 1. The molecule has 134 valence electrons. The number of hydrogen-bond acceptors (Lipinski definition) is 5. The van der Waals surface area contributed by atoms with Crippen LogP contribution in [0.1, 0.15) is 36.2 Å². The minimum Gasteiger partial charge on any atom is -0.497 e. The van der Waals surface area contributed by atoms with E-state index in [2.05, 4.69) is 22.1 Å². The number of ether oxygens (including phenoxy) is 1. The van der Waals surface area contributed by atoms with Crippen molar-refractivity contribution in [3.8, 4) is 5.75 Å². The number of carbonyl (C=O) groups excluding carboxylic acids is 1. The maximum absolute atomic E-state index is 12.9. The monoisotopic (exact) mass is 345 g/mol. The first-order valence-electron chi connectivity index (χ1n) is 8.45. The van der Waals surface area contributed by atoms with Crippen molar-refractivity contribution in [1.29, 1.82) is 0 Å². The average molecular weight is 345 g/mol. The molecule has 2 fully saturated rings. The fourth-order valence-electron chi connectivity index (χ4n) is 4.13. The molecule has 2 unspecified atom stereocenters. The second-order valence-corrected chi connectivity index (χ2v) is 6.67. The maximum atomic E-state index is 12.9. The van der Waals surface area contributed by atoms with Gasteiger partial charge in [0.25, 0.3) is 6.47 Å². The van der Waals surface area contributed by atoms with E-state index in [1.54, 1.807) is 7.11 Å². The summed E-state index contributed by atoms with van der Waals surface area (Å²) in [6.45, 7) is -0.250. The largest absolute Gasteiger partial charge is 0.497 e. The molecule has 3 heterocycles. The van der Waals surface area contributed by atoms with Crippen molar-refractivity contribution < 1.29 is 19.4 Å². The summed E-state index contributed by atoms with van der Waals surface area (Å²) in [6, 6.07) is 6.83. The third kappa shape index (κ3) is 3.24. The van der Waals surface area contributed by atoms with Crippen molar-refractivity contribution in [1.82, 2.24) is 15.1 Å². The van der Waals surface area contributed by atoms with Crippen LogP contribution in [0.2, 0.25) is 0 Å². The van der Waals surface area contributed by atoms with Gasteiger partial charge >= 0.3 is 0 Å². The van der Waals surface area contributed by atoms with Crippen LogP contribution in [-0.4, -0.2) is 58.7 Å². The fraction of sp³-hybridized carbons (Fsp3) is 0.500. The lowest BCUT2D eigenvalue weighted by Gasteiger charge is -2.35. The van der Waals surface area contributed by atoms with Gasteiger partial charge in [-0.1, -0.05) is 0 Å². The van der Waals surface area contributed by atoms with E-state index < -0.39 is 0 Å². The van der Waals surface area contributed by atoms with E-state index in [4.69, 9.17) is 14.6 Å². The Morgan fingerprint density at radius 2 is 2.00 bits per heavy atom. The van der Waals surface area contributed by atoms with Crippen molar-refractivity contribution in [3.63, 3.8) is 0 Å². The van der Waals surface area contributed by atoms with Crippen molar-refractivity contribution in [2.45, 2.75) is 37.8 Å². The molecule has 0 saturated carbocycles. The zero-order valence-corrected chi connectivity index (χ0v) is 14.4. The van der Waals surface area contributed by atoms with Gasteiger partial charge in [-0.15, -0.1) is 0 Å². The highest BCUT2D eigenvalue weighted by atomic mass is 16.5. The summed E-state index contributed by atoms with van der Waals surface area (Å²) in [5.74, 6) is 1.08. The third-order valence-corrected chi connectivity index (χ3v) is 5.47. The molecule has 0 aliphatic carbocycles. The molecule has 2 aliphatic rings. The Morgan fingerprint density at radius 1 is 1.36 bits per heavy atom. The lowest BCUT2D eigenvalue weighted by molar-refractivity contribution is -0.122. The molecule has 2 bridgehead atoms. The predicted octanol–water partition coefficient (Wildman–Crippen LogP) is 2.33. The molecule has 4 rings (SSSR count). The number of H-pyrrole nitrogens is 1. The number of fused-ring (bicyclic) bond motifs is 3. The minimum absolute atomic E-state index is 0.113. The summed E-state index contributed by atoms with van der Waals surface area (Å²) >= 11 is 0. The minimum atomic E-state index is -0.250. The fourth-order valence-corrected chi connectivity index (χ4v) is 4.13. The molecule has 2 N–H and O–H groups in total. The molecule has 0 radical (unpaired) electrons. The Labute approximate surface area is 146 Å². The number of nitrogens with one attached hydrogen (secondary N) is 1. The highest BCUT2D eigenvalue weighted by Gasteiger charge is 2.41. The third-order valence-electron chi connectivity index (χ3n) is 5.47. The SMILES string of the molecule is COc1ccc2c(C(=O)C3CC4CCC(C3)N4C)n[nH]c2c1.O=CO. The molecule has 0 spiro atoms. The first-order valence-corrected chi connectivity index (χ1v) is 8.45. The second kappa shape index (κ2) is 7.23. The number of nitrogens with zero attached hydrogens (tertiary/aromatic N) is 2. The van der Waals surface area contributed by atoms with Crippen molar-refractivity contribution in [3.05, 3.63) is 23.9 Å². The highest BCUT2D eigenvalue weighted by Crippen LogP contribution is 2.39. The second-order valence-electron chi connectivity index (χ2n) is 6.67. The van der Waals surface area contributed by atoms with E-state index in [0.29, 0.717) is 17.8 Å². The van der Waals surface area contributed by atoms with Gasteiger partial charge in [0.1, 0.15) is 11.4 Å². The summed E-state index contributed by atoms with van der Waals surface area (Å²) < 4.78 is 5.22. The number of carboxylic acid groups (broad SMARTS) is 1. The lowest BCUT2D eigenvalue weighted by atomic mass is 9.86. The van der Waals surface area contributed by atoms with Crippen LogP contribution in [0.25, 0.3) is 10.9 Å². The molecule has 7 nitrogen and oxygen atoms in total. The van der Waals surface area contributed by atoms with Gasteiger partial charge < -0.3 is 14.7 Å². The van der Waals surface area contributed by atoms with Crippen molar-refractivity contribution >= 4 is 23.2 Å². The van der Waals surface area contributed by atoms with Gasteiger partial charge in [0, 0.05) is 29.5 Å². The number of carbonyl (C=O) groups is 2. The van der Waals surface area contributed by atoms with Gasteiger partial charge in [0.05, 0.1) is 12.6 Å². The number of ketones is 1. The summed E-state index contributed by atoms with van der Waals surface area (Å²) in [6.07, 6.45) is 4.39. The first kappa shape index (κ1) is 17.4. The standard InChI is InChI=1S/C17H21N3O2.CH2O2/c1-20-11-3-4-12(20)8-10(7-11)17(21)16-14-6-5-13(22-2)9-15(14)18-19-16;2-1-3/h5-6,9-12H,3-4,7-8H2,1-2H3,(H,18,19);1H,(H,2,3). The molecule has 0 amide bonds. The average Bonchev–Trinajstić information content (AvgIpc) is 3.10. The summed E-state index contributed by atoms with van der Waals surface area (Å²) in [4.78, 5) is 23.7. The van der Waals surface area contributed by atoms with Crippen molar-refractivity contribution in [2.75, 3.05) is 14.2 Å². The van der Waals surface area contributed by atoms with E-state index in [1.165, 1.54) is 12.8 Å². The Hall–Kier alpha value is -2.41. The highest BCUT2D eigenvalue weighted by molar-refractivity contribution is 6.07. The number of aromatic amines is 1. The van der Waals surface area contributed by atoms with Crippen LogP contribution >= 0.6 is 0 Å². The maximum Gasteiger partial charge on any atom is 0.290 e. The van der Waals surface area contributed by atoms with Crippen LogP contribution in [0.5, 0.6) is 5.75 Å². The number of rotatable bonds is 3. The van der Waals surface area contributed by atoms with Gasteiger partial charge in [0.2, 0.25) is 0 Å². The Kier molecular flexibility index (Phi) is 5.03. The molecule has 25 heavy (non-hydrogen) atoms. The van der Waals surface area contributed by atoms with Crippen molar-refractivity contribution in [2.24, 2.45) is 5.92 Å². The lowest BCUT2D eigenvalue weighted by Crippen LogP contribution is -2.42. The van der Waals surface area contributed by atoms with Gasteiger partial charge in [0.15, 0.2) is 5.78 Å². The number of hydrogen-bond donors (Lipinski definition) is 2. The topological polar surface area (TPSA) is 95.5 Å². The van der Waals surface area contributed by atoms with Gasteiger partial charge in [-0.2, -0.15) is 5.10 Å². The van der Waals surface area contributed by atoms with Crippen LogP contribution in [0.4, 0.5) is 0 Å². The van der Waals surface area contributed by atoms with Gasteiger partial charge in [-0.3, -0.25) is 14.7 Å². The number of methoxy groups -OCH3 is 1.